The SMILES string of the molecule is CC1(C)c2ccccc2-c2c1cc(-c1c3ccccc3c(-c3cccn3-c3ccccc3)c3ccccc13)c1ccccc21. The largest absolute Gasteiger partial charge is 0.317 e. The van der Waals surface area contributed by atoms with Gasteiger partial charge in [-0.05, 0) is 96.0 Å². The first kappa shape index (κ1) is 25.1. The van der Waals surface area contributed by atoms with Gasteiger partial charge in [-0.2, -0.15) is 0 Å². The van der Waals surface area contributed by atoms with Crippen LogP contribution in [0.1, 0.15) is 25.0 Å². The summed E-state index contributed by atoms with van der Waals surface area (Å²) in [4.78, 5) is 0. The van der Waals surface area contributed by atoms with E-state index in [9.17, 15) is 0 Å². The van der Waals surface area contributed by atoms with E-state index >= 15 is 0 Å². The summed E-state index contributed by atoms with van der Waals surface area (Å²) >= 11 is 0. The maximum Gasteiger partial charge on any atom is 0.0540 e. The van der Waals surface area contributed by atoms with Crippen LogP contribution in [0, 0.1) is 0 Å². The molecule has 1 aromatic heterocycles. The van der Waals surface area contributed by atoms with Crippen LogP contribution in [0.3, 0.4) is 0 Å². The van der Waals surface area contributed by atoms with E-state index < -0.39 is 0 Å². The smallest absolute Gasteiger partial charge is 0.0540 e. The lowest BCUT2D eigenvalue weighted by Crippen LogP contribution is -2.15. The molecule has 0 saturated heterocycles. The molecule has 1 heteroatoms. The molecular weight excluding hydrogens is 530 g/mol. The molecule has 0 fully saturated rings. The molecule has 0 radical (unpaired) electrons. The molecule has 0 spiro atoms. The summed E-state index contributed by atoms with van der Waals surface area (Å²) < 4.78 is 2.32. The molecule has 0 unspecified atom stereocenters. The molecule has 1 aliphatic rings. The van der Waals surface area contributed by atoms with Gasteiger partial charge in [-0.15, -0.1) is 0 Å². The molecule has 1 nitrogen and oxygen atoms in total. The van der Waals surface area contributed by atoms with Gasteiger partial charge in [0, 0.05) is 22.9 Å². The van der Waals surface area contributed by atoms with Gasteiger partial charge in [0.05, 0.1) is 5.69 Å². The number of hydrogen-bond acceptors (Lipinski definition) is 0. The molecule has 0 amide bonds. The minimum Gasteiger partial charge on any atom is -0.317 e. The van der Waals surface area contributed by atoms with Gasteiger partial charge in [-0.1, -0.05) is 129 Å². The zero-order valence-corrected chi connectivity index (χ0v) is 24.9. The monoisotopic (exact) mass is 561 g/mol. The van der Waals surface area contributed by atoms with Crippen molar-refractivity contribution < 1.29 is 0 Å². The Hall–Kier alpha value is -5.40. The van der Waals surface area contributed by atoms with E-state index in [1.54, 1.807) is 0 Å². The molecular formula is C43H31N. The minimum atomic E-state index is -0.0905. The van der Waals surface area contributed by atoms with Crippen molar-refractivity contribution in [3.63, 3.8) is 0 Å². The van der Waals surface area contributed by atoms with E-state index in [4.69, 9.17) is 0 Å². The molecule has 7 aromatic carbocycles. The predicted molar refractivity (Wildman–Crippen MR) is 187 cm³/mol. The van der Waals surface area contributed by atoms with Crippen LogP contribution in [0.25, 0.3) is 71.5 Å². The highest BCUT2D eigenvalue weighted by Gasteiger charge is 2.37. The summed E-state index contributed by atoms with van der Waals surface area (Å²) in [6.07, 6.45) is 2.18. The van der Waals surface area contributed by atoms with E-state index in [1.807, 2.05) is 0 Å². The summed E-state index contributed by atoms with van der Waals surface area (Å²) in [5, 5.41) is 7.72. The number of hydrogen-bond donors (Lipinski definition) is 0. The van der Waals surface area contributed by atoms with Crippen LogP contribution in [-0.4, -0.2) is 4.57 Å². The third kappa shape index (κ3) is 3.41. The van der Waals surface area contributed by atoms with Gasteiger partial charge >= 0.3 is 0 Å². The summed E-state index contributed by atoms with van der Waals surface area (Å²) in [5.74, 6) is 0. The molecule has 0 N–H and O–H groups in total. The molecule has 0 saturated carbocycles. The number of fused-ring (bicyclic) bond motifs is 7. The van der Waals surface area contributed by atoms with Gasteiger partial charge in [-0.3, -0.25) is 0 Å². The Balaban J connectivity index is 1.42. The van der Waals surface area contributed by atoms with Gasteiger partial charge < -0.3 is 4.57 Å². The highest BCUT2D eigenvalue weighted by atomic mass is 15.0. The van der Waals surface area contributed by atoms with Crippen molar-refractivity contribution in [3.8, 4) is 39.2 Å². The first-order valence-electron chi connectivity index (χ1n) is 15.5. The normalized spacial score (nSPS) is 13.4. The fourth-order valence-corrected chi connectivity index (χ4v) is 7.85. The van der Waals surface area contributed by atoms with E-state index in [0.717, 1.165) is 5.69 Å². The number of para-hydroxylation sites is 1. The lowest BCUT2D eigenvalue weighted by Gasteiger charge is -2.24. The van der Waals surface area contributed by atoms with Crippen molar-refractivity contribution in [2.45, 2.75) is 19.3 Å². The van der Waals surface area contributed by atoms with Crippen molar-refractivity contribution in [1.82, 2.24) is 4.57 Å². The molecule has 44 heavy (non-hydrogen) atoms. The second kappa shape index (κ2) is 9.30. The van der Waals surface area contributed by atoms with Gasteiger partial charge in [0.15, 0.2) is 0 Å². The highest BCUT2D eigenvalue weighted by molar-refractivity contribution is 6.24. The quantitative estimate of drug-likeness (QED) is 0.189. The molecule has 8 aromatic rings. The van der Waals surface area contributed by atoms with Gasteiger partial charge in [0.1, 0.15) is 0 Å². The summed E-state index contributed by atoms with van der Waals surface area (Å²) in [7, 11) is 0. The topological polar surface area (TPSA) is 4.93 Å². The fraction of sp³-hybridized carbons (Fsp3) is 0.0698. The van der Waals surface area contributed by atoms with Crippen LogP contribution < -0.4 is 0 Å². The maximum atomic E-state index is 2.51. The average Bonchev–Trinajstić information content (AvgIpc) is 3.64. The van der Waals surface area contributed by atoms with Crippen LogP contribution >= 0.6 is 0 Å². The van der Waals surface area contributed by atoms with E-state index in [-0.39, 0.29) is 5.41 Å². The lowest BCUT2D eigenvalue weighted by molar-refractivity contribution is 0.661. The van der Waals surface area contributed by atoms with Gasteiger partial charge in [0.2, 0.25) is 0 Å². The molecule has 208 valence electrons. The van der Waals surface area contributed by atoms with Gasteiger partial charge in [-0.25, -0.2) is 0 Å². The van der Waals surface area contributed by atoms with Crippen molar-refractivity contribution in [2.24, 2.45) is 0 Å². The average molecular weight is 562 g/mol. The zero-order chi connectivity index (χ0) is 29.4. The van der Waals surface area contributed by atoms with Crippen molar-refractivity contribution in [3.05, 3.63) is 163 Å². The second-order valence-corrected chi connectivity index (χ2v) is 12.5. The molecule has 0 aliphatic heterocycles. The molecule has 1 heterocycles. The Kier molecular flexibility index (Phi) is 5.31. The number of nitrogens with zero attached hydrogens (tertiary/aromatic N) is 1. The van der Waals surface area contributed by atoms with E-state index in [2.05, 4.69) is 170 Å². The summed E-state index contributed by atoms with van der Waals surface area (Å²) in [5.41, 5.74) is 11.7. The molecule has 0 bridgehead atoms. The van der Waals surface area contributed by atoms with Crippen molar-refractivity contribution in [1.29, 1.82) is 0 Å². The second-order valence-electron chi connectivity index (χ2n) is 12.5. The fourth-order valence-electron chi connectivity index (χ4n) is 7.85. The zero-order valence-electron chi connectivity index (χ0n) is 24.9. The third-order valence-corrected chi connectivity index (χ3v) is 9.83. The van der Waals surface area contributed by atoms with Crippen LogP contribution in [0.2, 0.25) is 0 Å². The summed E-state index contributed by atoms with van der Waals surface area (Å²) in [6, 6.07) is 53.6. The molecule has 1 aliphatic carbocycles. The van der Waals surface area contributed by atoms with E-state index in [0.29, 0.717) is 0 Å². The lowest BCUT2D eigenvalue weighted by atomic mass is 9.79. The molecule has 0 atom stereocenters. The van der Waals surface area contributed by atoms with Crippen LogP contribution in [0.15, 0.2) is 152 Å². The van der Waals surface area contributed by atoms with Crippen molar-refractivity contribution >= 4 is 32.3 Å². The van der Waals surface area contributed by atoms with Crippen molar-refractivity contribution in [2.75, 3.05) is 0 Å². The first-order chi connectivity index (χ1) is 21.6. The summed E-state index contributed by atoms with van der Waals surface area (Å²) in [6.45, 7) is 4.76. The Morgan fingerprint density at radius 1 is 0.409 bits per heavy atom. The molecule has 9 rings (SSSR count). The predicted octanol–water partition coefficient (Wildman–Crippen LogP) is 11.6. The van der Waals surface area contributed by atoms with Gasteiger partial charge in [0.25, 0.3) is 0 Å². The number of rotatable bonds is 3. The van der Waals surface area contributed by atoms with Crippen LogP contribution in [-0.2, 0) is 5.41 Å². The standard InChI is InChI=1S/C43H31N/c1-43(2)37-24-13-12-23-35(37)41-30-18-7-6-17-29(30)36(27-38(41)43)40-31-19-8-10-21-33(31)42(34-22-11-9-20-32(34)40)39-25-14-26-44(39)28-15-4-3-5-16-28/h3-27H,1-2H3. The Bertz CT molecular complexity index is 2350. The first-order valence-corrected chi connectivity index (χ1v) is 15.5. The number of benzene rings is 7. The Labute approximate surface area is 257 Å². The van der Waals surface area contributed by atoms with Crippen LogP contribution in [0.4, 0.5) is 0 Å². The minimum absolute atomic E-state index is 0.0905. The highest BCUT2D eigenvalue weighted by Crippen LogP contribution is 2.54. The maximum absolute atomic E-state index is 2.51. The number of aromatic nitrogens is 1. The van der Waals surface area contributed by atoms with Crippen LogP contribution in [0.5, 0.6) is 0 Å². The third-order valence-electron chi connectivity index (χ3n) is 9.83. The Morgan fingerprint density at radius 3 is 1.59 bits per heavy atom. The Morgan fingerprint density at radius 2 is 0.932 bits per heavy atom. The van der Waals surface area contributed by atoms with E-state index in [1.165, 1.54) is 77.0 Å².